The summed E-state index contributed by atoms with van der Waals surface area (Å²) >= 11 is 12.0. The largest absolute Gasteiger partial charge is 0.488 e. The van der Waals surface area contributed by atoms with Gasteiger partial charge in [0.15, 0.2) is 0 Å². The van der Waals surface area contributed by atoms with Gasteiger partial charge >= 0.3 is 0 Å². The van der Waals surface area contributed by atoms with Crippen LogP contribution in [-0.2, 0) is 0 Å². The molecule has 0 aromatic heterocycles. The van der Waals surface area contributed by atoms with Gasteiger partial charge in [0, 0.05) is 31.2 Å². The average molecular weight is 379 g/mol. The van der Waals surface area contributed by atoms with E-state index in [1.54, 1.807) is 6.07 Å². The molecule has 3 rings (SSSR count). The number of fused-ring (bicyclic) bond motifs is 1. The minimum absolute atomic E-state index is 0.126. The molecule has 25 heavy (non-hydrogen) atoms. The summed E-state index contributed by atoms with van der Waals surface area (Å²) < 4.78 is 6.09. The third-order valence-corrected chi connectivity index (χ3v) is 5.16. The van der Waals surface area contributed by atoms with Gasteiger partial charge < -0.3 is 15.4 Å². The van der Waals surface area contributed by atoms with Gasteiger partial charge in [-0.3, -0.25) is 0 Å². The molecule has 0 aliphatic carbocycles. The molecule has 0 saturated heterocycles. The zero-order valence-electron chi connectivity index (χ0n) is 14.6. The molecular weight excluding hydrogens is 355 g/mol. The van der Waals surface area contributed by atoms with E-state index in [1.165, 1.54) is 5.56 Å². The zero-order valence-corrected chi connectivity index (χ0v) is 16.1. The second kappa shape index (κ2) is 7.86. The van der Waals surface area contributed by atoms with Gasteiger partial charge in [-0.05, 0) is 50.1 Å². The van der Waals surface area contributed by atoms with E-state index < -0.39 is 0 Å². The summed E-state index contributed by atoms with van der Waals surface area (Å²) in [5.74, 6) is 1.48. The summed E-state index contributed by atoms with van der Waals surface area (Å²) in [7, 11) is 0. The second-order valence-corrected chi connectivity index (χ2v) is 7.87. The Labute approximate surface area is 159 Å². The number of rotatable bonds is 6. The summed E-state index contributed by atoms with van der Waals surface area (Å²) in [6.45, 7) is 6.95. The van der Waals surface area contributed by atoms with Crippen molar-refractivity contribution in [3.63, 3.8) is 0 Å². The SMILES string of the molecule is CC1(C)CC(CNCCNc2ccc(Cl)c(Cl)c2)c2ccccc2O1. The van der Waals surface area contributed by atoms with E-state index >= 15 is 0 Å². The average Bonchev–Trinajstić information content (AvgIpc) is 2.56. The summed E-state index contributed by atoms with van der Waals surface area (Å²) in [6.07, 6.45) is 1.01. The molecule has 2 aromatic carbocycles. The van der Waals surface area contributed by atoms with Crippen molar-refractivity contribution >= 4 is 28.9 Å². The van der Waals surface area contributed by atoms with Crippen molar-refractivity contribution in [2.75, 3.05) is 25.0 Å². The van der Waals surface area contributed by atoms with Gasteiger partial charge in [-0.1, -0.05) is 41.4 Å². The molecule has 1 aliphatic heterocycles. The summed E-state index contributed by atoms with van der Waals surface area (Å²) in [5.41, 5.74) is 2.15. The van der Waals surface area contributed by atoms with Crippen LogP contribution < -0.4 is 15.4 Å². The Morgan fingerprint density at radius 2 is 1.88 bits per heavy atom. The number of hydrogen-bond acceptors (Lipinski definition) is 3. The maximum Gasteiger partial charge on any atom is 0.123 e. The van der Waals surface area contributed by atoms with Gasteiger partial charge in [-0.15, -0.1) is 0 Å². The first-order valence-corrected chi connectivity index (χ1v) is 9.38. The molecule has 134 valence electrons. The Kier molecular flexibility index (Phi) is 5.78. The third-order valence-electron chi connectivity index (χ3n) is 4.42. The lowest BCUT2D eigenvalue weighted by Crippen LogP contribution is -2.38. The van der Waals surface area contributed by atoms with Crippen LogP contribution in [0.25, 0.3) is 0 Å². The molecule has 1 atom stereocenters. The topological polar surface area (TPSA) is 33.3 Å². The highest BCUT2D eigenvalue weighted by molar-refractivity contribution is 6.42. The fourth-order valence-corrected chi connectivity index (χ4v) is 3.61. The molecule has 2 aromatic rings. The maximum atomic E-state index is 6.09. The van der Waals surface area contributed by atoms with E-state index in [0.29, 0.717) is 16.0 Å². The van der Waals surface area contributed by atoms with Crippen molar-refractivity contribution in [2.24, 2.45) is 0 Å². The van der Waals surface area contributed by atoms with E-state index in [0.717, 1.165) is 37.5 Å². The number of halogens is 2. The molecule has 1 unspecified atom stereocenters. The minimum atomic E-state index is -0.126. The predicted octanol–water partition coefficient (Wildman–Crippen LogP) is 5.34. The predicted molar refractivity (Wildman–Crippen MR) is 106 cm³/mol. The van der Waals surface area contributed by atoms with Crippen molar-refractivity contribution in [1.29, 1.82) is 0 Å². The number of benzene rings is 2. The van der Waals surface area contributed by atoms with Gasteiger partial charge in [-0.2, -0.15) is 0 Å². The molecule has 1 aliphatic rings. The molecule has 0 spiro atoms. The molecular formula is C20H24Cl2N2O. The smallest absolute Gasteiger partial charge is 0.123 e. The highest BCUT2D eigenvalue weighted by Gasteiger charge is 2.33. The molecule has 0 saturated carbocycles. The van der Waals surface area contributed by atoms with E-state index in [9.17, 15) is 0 Å². The van der Waals surface area contributed by atoms with Crippen LogP contribution in [0.2, 0.25) is 10.0 Å². The van der Waals surface area contributed by atoms with Gasteiger partial charge in [0.25, 0.3) is 0 Å². The number of anilines is 1. The number of para-hydroxylation sites is 1. The van der Waals surface area contributed by atoms with Crippen LogP contribution in [0.5, 0.6) is 5.75 Å². The number of nitrogens with one attached hydrogen (secondary N) is 2. The summed E-state index contributed by atoms with van der Waals surface area (Å²) in [5, 5.41) is 8.05. The van der Waals surface area contributed by atoms with Gasteiger partial charge in [0.05, 0.1) is 10.0 Å². The minimum Gasteiger partial charge on any atom is -0.488 e. The first-order chi connectivity index (χ1) is 11.9. The monoisotopic (exact) mass is 378 g/mol. The Balaban J connectivity index is 1.49. The Morgan fingerprint density at radius 1 is 1.08 bits per heavy atom. The van der Waals surface area contributed by atoms with E-state index in [1.807, 2.05) is 18.2 Å². The van der Waals surface area contributed by atoms with Crippen molar-refractivity contribution in [3.05, 3.63) is 58.1 Å². The fraction of sp³-hybridized carbons (Fsp3) is 0.400. The lowest BCUT2D eigenvalue weighted by atomic mass is 9.84. The van der Waals surface area contributed by atoms with Gasteiger partial charge in [-0.25, -0.2) is 0 Å². The maximum absolute atomic E-state index is 6.09. The summed E-state index contributed by atoms with van der Waals surface area (Å²) in [6, 6.07) is 13.9. The first-order valence-electron chi connectivity index (χ1n) is 8.62. The quantitative estimate of drug-likeness (QED) is 0.665. The lowest BCUT2D eigenvalue weighted by Gasteiger charge is -2.37. The molecule has 3 nitrogen and oxygen atoms in total. The highest BCUT2D eigenvalue weighted by atomic mass is 35.5. The fourth-order valence-electron chi connectivity index (χ4n) is 3.31. The third kappa shape index (κ3) is 4.81. The van der Waals surface area contributed by atoms with E-state index in [2.05, 4.69) is 42.7 Å². The van der Waals surface area contributed by atoms with Crippen LogP contribution >= 0.6 is 23.2 Å². The molecule has 0 bridgehead atoms. The van der Waals surface area contributed by atoms with Crippen molar-refractivity contribution in [1.82, 2.24) is 5.32 Å². The standard InChI is InChI=1S/C20H24Cl2N2O/c1-20(2)12-14(16-5-3-4-6-19(16)25-20)13-23-9-10-24-15-7-8-17(21)18(22)11-15/h3-8,11,14,23-24H,9-10,12-13H2,1-2H3. The van der Waals surface area contributed by atoms with Crippen LogP contribution in [-0.4, -0.2) is 25.2 Å². The van der Waals surface area contributed by atoms with Crippen LogP contribution in [0.1, 0.15) is 31.7 Å². The second-order valence-electron chi connectivity index (χ2n) is 7.06. The van der Waals surface area contributed by atoms with Gasteiger partial charge in [0.2, 0.25) is 0 Å². The first kappa shape index (κ1) is 18.4. The molecule has 2 N–H and O–H groups in total. The van der Waals surface area contributed by atoms with Crippen molar-refractivity contribution < 1.29 is 4.74 Å². The summed E-state index contributed by atoms with van der Waals surface area (Å²) in [4.78, 5) is 0. The number of ether oxygens (including phenoxy) is 1. The van der Waals surface area contributed by atoms with Crippen LogP contribution in [0.3, 0.4) is 0 Å². The molecule has 1 heterocycles. The normalized spacial score (nSPS) is 18.3. The van der Waals surface area contributed by atoms with Crippen LogP contribution in [0, 0.1) is 0 Å². The highest BCUT2D eigenvalue weighted by Crippen LogP contribution is 2.40. The molecule has 0 amide bonds. The molecule has 0 radical (unpaired) electrons. The molecule has 5 heteroatoms. The van der Waals surface area contributed by atoms with Crippen LogP contribution in [0.4, 0.5) is 5.69 Å². The Bertz CT molecular complexity index is 733. The van der Waals surface area contributed by atoms with E-state index in [4.69, 9.17) is 27.9 Å². The number of hydrogen-bond donors (Lipinski definition) is 2. The zero-order chi connectivity index (χ0) is 17.9. The van der Waals surface area contributed by atoms with Crippen molar-refractivity contribution in [2.45, 2.75) is 31.8 Å². The Morgan fingerprint density at radius 3 is 2.68 bits per heavy atom. The molecule has 0 fully saturated rings. The van der Waals surface area contributed by atoms with Crippen LogP contribution in [0.15, 0.2) is 42.5 Å². The Hall–Kier alpha value is -1.42. The lowest BCUT2D eigenvalue weighted by molar-refractivity contribution is 0.0718. The van der Waals surface area contributed by atoms with E-state index in [-0.39, 0.29) is 5.60 Å². The van der Waals surface area contributed by atoms with Crippen molar-refractivity contribution in [3.8, 4) is 5.75 Å². The van der Waals surface area contributed by atoms with Gasteiger partial charge in [0.1, 0.15) is 11.4 Å².